The monoisotopic (exact) mass is 384 g/mol. The van der Waals surface area contributed by atoms with Crippen LogP contribution in [-0.4, -0.2) is 32.9 Å². The van der Waals surface area contributed by atoms with Crippen LogP contribution in [0.15, 0.2) is 33.9 Å². The van der Waals surface area contributed by atoms with Gasteiger partial charge < -0.3 is 15.2 Å². The van der Waals surface area contributed by atoms with Gasteiger partial charge in [-0.25, -0.2) is 4.79 Å². The molecule has 146 valence electrons. The van der Waals surface area contributed by atoms with E-state index in [1.165, 1.54) is 11.5 Å². The average Bonchev–Trinajstić information content (AvgIpc) is 3.14. The largest absolute Gasteiger partial charge is 0.491 e. The van der Waals surface area contributed by atoms with Crippen LogP contribution in [0.2, 0.25) is 0 Å². The Labute approximate surface area is 160 Å². The second kappa shape index (κ2) is 8.10. The fourth-order valence-electron chi connectivity index (χ4n) is 3.20. The zero-order valence-corrected chi connectivity index (χ0v) is 15.3. The third kappa shape index (κ3) is 3.97. The Morgan fingerprint density at radius 1 is 1.36 bits per heavy atom. The van der Waals surface area contributed by atoms with Gasteiger partial charge in [0.2, 0.25) is 5.91 Å². The molecular formula is C19H20N4O5. The van der Waals surface area contributed by atoms with E-state index in [9.17, 15) is 24.8 Å². The molecule has 1 aliphatic heterocycles. The maximum Gasteiger partial charge on any atom is 0.331 e. The van der Waals surface area contributed by atoms with Gasteiger partial charge >= 0.3 is 5.69 Å². The van der Waals surface area contributed by atoms with Gasteiger partial charge in [-0.2, -0.15) is 5.26 Å². The smallest absolute Gasteiger partial charge is 0.331 e. The molecule has 9 nitrogen and oxygen atoms in total. The van der Waals surface area contributed by atoms with E-state index in [4.69, 9.17) is 4.74 Å². The molecule has 0 fully saturated rings. The van der Waals surface area contributed by atoms with Crippen molar-refractivity contribution in [3.8, 4) is 11.8 Å². The molecule has 0 saturated carbocycles. The van der Waals surface area contributed by atoms with Crippen LogP contribution in [0, 0.1) is 11.3 Å². The molecular weight excluding hydrogens is 364 g/mol. The third-order valence-corrected chi connectivity index (χ3v) is 4.45. The molecule has 9 heteroatoms. The lowest BCUT2D eigenvalue weighted by Crippen LogP contribution is -2.44. The van der Waals surface area contributed by atoms with Crippen molar-refractivity contribution in [2.75, 3.05) is 11.9 Å². The summed E-state index contributed by atoms with van der Waals surface area (Å²) in [7, 11) is 0. The van der Waals surface area contributed by atoms with Crippen molar-refractivity contribution in [2.24, 2.45) is 0 Å². The summed E-state index contributed by atoms with van der Waals surface area (Å²) in [5.41, 5.74) is -0.158. The van der Waals surface area contributed by atoms with Gasteiger partial charge in [0.15, 0.2) is 0 Å². The number of carbonyl (C=O) groups is 1. The zero-order chi connectivity index (χ0) is 20.3. The number of benzene rings is 1. The maximum atomic E-state index is 12.5. The van der Waals surface area contributed by atoms with Crippen LogP contribution >= 0.6 is 0 Å². The van der Waals surface area contributed by atoms with Crippen molar-refractivity contribution in [1.29, 1.82) is 5.26 Å². The van der Waals surface area contributed by atoms with Gasteiger partial charge in [0.1, 0.15) is 30.1 Å². The highest BCUT2D eigenvalue weighted by molar-refractivity contribution is 5.88. The lowest BCUT2D eigenvalue weighted by atomic mass is 10.2. The van der Waals surface area contributed by atoms with Crippen LogP contribution in [0.1, 0.15) is 24.6 Å². The minimum Gasteiger partial charge on any atom is -0.491 e. The molecule has 1 aromatic heterocycles. The van der Waals surface area contributed by atoms with Gasteiger partial charge in [0.25, 0.3) is 5.56 Å². The fraction of sp³-hybridized carbons (Fsp3) is 0.368. The number of hydrogen-bond acceptors (Lipinski definition) is 6. The maximum absolute atomic E-state index is 12.5. The molecule has 1 amide bonds. The van der Waals surface area contributed by atoms with E-state index in [0.717, 1.165) is 4.57 Å². The average molecular weight is 384 g/mol. The highest BCUT2D eigenvalue weighted by atomic mass is 16.5. The van der Waals surface area contributed by atoms with E-state index in [2.05, 4.69) is 5.32 Å². The number of nitrogens with one attached hydrogen (secondary N) is 1. The van der Waals surface area contributed by atoms with Crippen LogP contribution < -0.4 is 21.3 Å². The summed E-state index contributed by atoms with van der Waals surface area (Å²) < 4.78 is 7.79. The molecule has 0 aliphatic carbocycles. The number of ether oxygens (including phenoxy) is 1. The van der Waals surface area contributed by atoms with Crippen LogP contribution in [0.3, 0.4) is 0 Å². The van der Waals surface area contributed by atoms with E-state index in [1.807, 2.05) is 6.07 Å². The van der Waals surface area contributed by atoms with Gasteiger partial charge in [-0.05, 0) is 37.1 Å². The molecule has 2 heterocycles. The number of fused-ring (bicyclic) bond motifs is 1. The van der Waals surface area contributed by atoms with Gasteiger partial charge in [-0.3, -0.25) is 18.7 Å². The van der Waals surface area contributed by atoms with Crippen LogP contribution in [0.4, 0.5) is 5.69 Å². The first-order chi connectivity index (χ1) is 13.4. The molecule has 0 radical (unpaired) electrons. The van der Waals surface area contributed by atoms with Crippen molar-refractivity contribution in [3.63, 3.8) is 0 Å². The molecule has 1 atom stereocenters. The zero-order valence-electron chi connectivity index (χ0n) is 15.3. The normalized spacial score (nSPS) is 13.5. The lowest BCUT2D eigenvalue weighted by Gasteiger charge is -2.15. The first kappa shape index (κ1) is 19.4. The Bertz CT molecular complexity index is 1050. The van der Waals surface area contributed by atoms with Crippen LogP contribution in [0.25, 0.3) is 0 Å². The number of aliphatic hydroxyl groups excluding tert-OH is 1. The van der Waals surface area contributed by atoms with Crippen LogP contribution in [0.5, 0.6) is 5.75 Å². The summed E-state index contributed by atoms with van der Waals surface area (Å²) in [5, 5.41) is 22.1. The summed E-state index contributed by atoms with van der Waals surface area (Å²) in [6.45, 7) is 1.45. The fourth-order valence-corrected chi connectivity index (χ4v) is 3.20. The second-order valence-electron chi connectivity index (χ2n) is 6.56. The number of aromatic nitrogens is 2. The van der Waals surface area contributed by atoms with Gasteiger partial charge in [0.05, 0.1) is 6.54 Å². The molecule has 0 unspecified atom stereocenters. The topological polar surface area (TPSA) is 126 Å². The molecule has 3 rings (SSSR count). The summed E-state index contributed by atoms with van der Waals surface area (Å²) in [6, 6.07) is 8.44. The first-order valence-electron chi connectivity index (χ1n) is 8.86. The first-order valence-corrected chi connectivity index (χ1v) is 8.86. The number of nitrogens with zero attached hydrogens (tertiary/aromatic N) is 3. The number of aliphatic hydroxyl groups is 1. The quantitative estimate of drug-likeness (QED) is 0.734. The minimum atomic E-state index is -1.12. The van der Waals surface area contributed by atoms with Gasteiger partial charge in [0, 0.05) is 24.8 Å². The lowest BCUT2D eigenvalue weighted by molar-refractivity contribution is -0.114. The number of carbonyl (C=O) groups excluding carboxylic acids is 1. The molecule has 28 heavy (non-hydrogen) atoms. The molecule has 0 saturated heterocycles. The van der Waals surface area contributed by atoms with E-state index in [-0.39, 0.29) is 24.6 Å². The molecule has 0 bridgehead atoms. The number of amides is 1. The molecule has 1 aliphatic rings. The van der Waals surface area contributed by atoms with Crippen molar-refractivity contribution in [2.45, 2.75) is 39.0 Å². The highest BCUT2D eigenvalue weighted by Crippen LogP contribution is 2.16. The SMILES string of the molecule is CC(=O)Nc1ccc(OC[C@@H](O)Cn2c(=O)c(C#N)c3n(c2=O)CCC3)cc1. The van der Waals surface area contributed by atoms with Gasteiger partial charge in [-0.1, -0.05) is 0 Å². The minimum absolute atomic E-state index is 0.0428. The van der Waals surface area contributed by atoms with E-state index < -0.39 is 17.4 Å². The van der Waals surface area contributed by atoms with E-state index in [1.54, 1.807) is 24.3 Å². The van der Waals surface area contributed by atoms with Crippen molar-refractivity contribution < 1.29 is 14.6 Å². The Morgan fingerprint density at radius 3 is 2.71 bits per heavy atom. The summed E-state index contributed by atoms with van der Waals surface area (Å²) in [5.74, 6) is 0.274. The number of rotatable bonds is 6. The predicted octanol–water partition coefficient (Wildman–Crippen LogP) is 0.226. The van der Waals surface area contributed by atoms with Crippen molar-refractivity contribution in [1.82, 2.24) is 9.13 Å². The molecule has 0 spiro atoms. The number of hydrogen-bond donors (Lipinski definition) is 2. The van der Waals surface area contributed by atoms with Crippen molar-refractivity contribution >= 4 is 11.6 Å². The Morgan fingerprint density at radius 2 is 2.07 bits per heavy atom. The van der Waals surface area contributed by atoms with Crippen LogP contribution in [-0.2, 0) is 24.3 Å². The number of nitriles is 1. The third-order valence-electron chi connectivity index (χ3n) is 4.45. The van der Waals surface area contributed by atoms with Crippen molar-refractivity contribution in [3.05, 3.63) is 56.4 Å². The Balaban J connectivity index is 1.70. The Kier molecular flexibility index (Phi) is 5.61. The molecule has 1 aromatic carbocycles. The number of anilines is 1. The molecule has 2 N–H and O–H groups in total. The summed E-state index contributed by atoms with van der Waals surface area (Å²) in [4.78, 5) is 36.0. The predicted molar refractivity (Wildman–Crippen MR) is 100 cm³/mol. The highest BCUT2D eigenvalue weighted by Gasteiger charge is 2.23. The standard InChI is InChI=1S/C19H20N4O5/c1-12(24)21-13-4-6-15(7-5-13)28-11-14(25)10-23-18(26)16(9-20)17-3-2-8-22(17)19(23)27/h4-7,14,25H,2-3,8,10-11H2,1H3,(H,21,24)/t14-/m0/s1. The Hall–Kier alpha value is -3.38. The van der Waals surface area contributed by atoms with Gasteiger partial charge in [-0.15, -0.1) is 0 Å². The molecule has 2 aromatic rings. The van der Waals surface area contributed by atoms with E-state index in [0.29, 0.717) is 36.5 Å². The van der Waals surface area contributed by atoms with E-state index >= 15 is 0 Å². The summed E-state index contributed by atoms with van der Waals surface area (Å²) >= 11 is 0. The second-order valence-corrected chi connectivity index (χ2v) is 6.56. The summed E-state index contributed by atoms with van der Waals surface area (Å²) in [6.07, 6.45) is 0.106.